The Bertz CT molecular complexity index is 637. The smallest absolute Gasteiger partial charge is 0.331 e. The maximum atomic E-state index is 13.4. The molecule has 0 spiro atoms. The maximum absolute atomic E-state index is 13.4. The third-order valence-electron chi connectivity index (χ3n) is 5.71. The predicted molar refractivity (Wildman–Crippen MR) is 121 cm³/mol. The second kappa shape index (κ2) is 11.5. The van der Waals surface area contributed by atoms with Crippen LogP contribution in [0.5, 0.6) is 0 Å². The van der Waals surface area contributed by atoms with Crippen molar-refractivity contribution in [1.82, 2.24) is 15.1 Å². The number of piperidine rings is 1. The average Bonchev–Trinajstić information content (AvgIpc) is 2.61. The van der Waals surface area contributed by atoms with Gasteiger partial charge in [-0.25, -0.2) is 4.79 Å². The SMILES string of the molecule is C.C/C(=C\[C@H](C(C)C)N(C)C(=O)[C@@H](NC(=O)[C@H]1CCCCN1C)C(C)(C)C)C(=O)O. The van der Waals surface area contributed by atoms with Crippen molar-refractivity contribution in [2.24, 2.45) is 11.3 Å². The van der Waals surface area contributed by atoms with Gasteiger partial charge in [0.15, 0.2) is 0 Å². The highest BCUT2D eigenvalue weighted by Gasteiger charge is 2.39. The molecule has 1 rings (SSSR count). The zero-order chi connectivity index (χ0) is 22.5. The minimum Gasteiger partial charge on any atom is -0.478 e. The number of carboxylic acids is 1. The van der Waals surface area contributed by atoms with E-state index in [2.05, 4.69) is 5.32 Å². The molecule has 7 heteroatoms. The number of carbonyl (C=O) groups excluding carboxylic acids is 2. The van der Waals surface area contributed by atoms with Crippen LogP contribution in [0, 0.1) is 11.3 Å². The molecule has 1 fully saturated rings. The number of aliphatic carboxylic acids is 1. The fourth-order valence-electron chi connectivity index (χ4n) is 3.72. The molecule has 0 saturated carbocycles. The number of hydrogen-bond donors (Lipinski definition) is 2. The molecule has 2 amide bonds. The van der Waals surface area contributed by atoms with Crippen LogP contribution < -0.4 is 5.32 Å². The minimum atomic E-state index is -1.00. The van der Waals surface area contributed by atoms with Gasteiger partial charge in [0.05, 0.1) is 12.1 Å². The van der Waals surface area contributed by atoms with Crippen molar-refractivity contribution in [3.63, 3.8) is 0 Å². The Hall–Kier alpha value is -1.89. The molecule has 3 atom stereocenters. The van der Waals surface area contributed by atoms with E-state index in [4.69, 9.17) is 0 Å². The van der Waals surface area contributed by atoms with Gasteiger partial charge in [-0.3, -0.25) is 14.5 Å². The quantitative estimate of drug-likeness (QED) is 0.612. The van der Waals surface area contributed by atoms with E-state index in [0.717, 1.165) is 25.8 Å². The molecular weight excluding hydrogens is 382 g/mol. The van der Waals surface area contributed by atoms with E-state index in [1.165, 1.54) is 6.92 Å². The molecular formula is C23H43N3O4. The molecule has 0 aromatic rings. The summed E-state index contributed by atoms with van der Waals surface area (Å²) in [4.78, 5) is 41.2. The lowest BCUT2D eigenvalue weighted by Crippen LogP contribution is -2.59. The Balaban J connectivity index is 0.00000841. The Morgan fingerprint density at radius 1 is 1.20 bits per heavy atom. The summed E-state index contributed by atoms with van der Waals surface area (Å²) in [6, 6.07) is -1.30. The average molecular weight is 426 g/mol. The Kier molecular flexibility index (Phi) is 10.8. The molecule has 0 radical (unpaired) electrons. The van der Waals surface area contributed by atoms with E-state index in [9.17, 15) is 19.5 Å². The molecule has 30 heavy (non-hydrogen) atoms. The van der Waals surface area contributed by atoms with E-state index in [1.54, 1.807) is 18.0 Å². The van der Waals surface area contributed by atoms with Crippen LogP contribution in [0.4, 0.5) is 0 Å². The number of likely N-dealkylation sites (tertiary alicyclic amines) is 1. The summed E-state index contributed by atoms with van der Waals surface area (Å²) in [5.41, 5.74) is -0.287. The summed E-state index contributed by atoms with van der Waals surface area (Å²) in [6.45, 7) is 12.1. The second-order valence-corrected chi connectivity index (χ2v) is 9.64. The van der Waals surface area contributed by atoms with Crippen molar-refractivity contribution in [2.45, 2.75) is 86.4 Å². The van der Waals surface area contributed by atoms with Crippen LogP contribution in [0.25, 0.3) is 0 Å². The first-order valence-electron chi connectivity index (χ1n) is 10.5. The molecule has 1 heterocycles. The third-order valence-corrected chi connectivity index (χ3v) is 5.71. The summed E-state index contributed by atoms with van der Waals surface area (Å²) >= 11 is 0. The van der Waals surface area contributed by atoms with E-state index < -0.39 is 17.4 Å². The number of nitrogens with zero attached hydrogens (tertiary/aromatic N) is 2. The predicted octanol–water partition coefficient (Wildman–Crippen LogP) is 3.15. The summed E-state index contributed by atoms with van der Waals surface area (Å²) in [7, 11) is 3.62. The topological polar surface area (TPSA) is 90.0 Å². The highest BCUT2D eigenvalue weighted by Crippen LogP contribution is 2.25. The van der Waals surface area contributed by atoms with Crippen molar-refractivity contribution >= 4 is 17.8 Å². The van der Waals surface area contributed by atoms with E-state index in [-0.39, 0.29) is 42.8 Å². The number of nitrogens with one attached hydrogen (secondary N) is 1. The molecule has 1 saturated heterocycles. The largest absolute Gasteiger partial charge is 0.478 e. The Morgan fingerprint density at radius 2 is 1.77 bits per heavy atom. The van der Waals surface area contributed by atoms with Crippen molar-refractivity contribution in [2.75, 3.05) is 20.6 Å². The first-order chi connectivity index (χ1) is 13.3. The van der Waals surface area contributed by atoms with Gasteiger partial charge in [-0.1, -0.05) is 54.5 Å². The Labute approximate surface area is 182 Å². The standard InChI is InChI=1S/C22H39N3O4.CH4/c1-14(2)17(13-15(3)21(28)29)25(8)20(27)18(22(4,5)6)23-19(26)16-11-9-10-12-24(16)7;/h13-14,16-18H,9-12H2,1-8H3,(H,23,26)(H,28,29);1H4/b15-13+;/t16-,17-,18-;/m1./s1. The highest BCUT2D eigenvalue weighted by atomic mass is 16.4. The lowest BCUT2D eigenvalue weighted by atomic mass is 9.84. The van der Waals surface area contributed by atoms with Gasteiger partial charge >= 0.3 is 5.97 Å². The summed E-state index contributed by atoms with van der Waals surface area (Å²) in [5.74, 6) is -1.30. The van der Waals surface area contributed by atoms with Crippen LogP contribution >= 0.6 is 0 Å². The van der Waals surface area contributed by atoms with Gasteiger partial charge in [-0.15, -0.1) is 0 Å². The van der Waals surface area contributed by atoms with E-state index in [0.29, 0.717) is 0 Å². The van der Waals surface area contributed by atoms with Crippen molar-refractivity contribution < 1.29 is 19.5 Å². The Morgan fingerprint density at radius 3 is 2.20 bits per heavy atom. The van der Waals surface area contributed by atoms with Crippen LogP contribution in [-0.4, -0.2) is 71.5 Å². The van der Waals surface area contributed by atoms with Gasteiger partial charge in [0.1, 0.15) is 6.04 Å². The summed E-state index contributed by atoms with van der Waals surface area (Å²) in [5, 5.41) is 12.2. The van der Waals surface area contributed by atoms with E-state index >= 15 is 0 Å². The van der Waals surface area contributed by atoms with Gasteiger partial charge in [0.25, 0.3) is 0 Å². The summed E-state index contributed by atoms with van der Waals surface area (Å²) < 4.78 is 0. The van der Waals surface area contributed by atoms with Crippen LogP contribution in [-0.2, 0) is 14.4 Å². The van der Waals surface area contributed by atoms with Crippen LogP contribution in [0.1, 0.15) is 68.2 Å². The minimum absolute atomic E-state index is 0. The first-order valence-corrected chi connectivity index (χ1v) is 10.5. The van der Waals surface area contributed by atoms with Crippen LogP contribution in [0.3, 0.4) is 0 Å². The fraction of sp³-hybridized carbons (Fsp3) is 0.783. The molecule has 0 bridgehead atoms. The molecule has 0 aromatic carbocycles. The lowest BCUT2D eigenvalue weighted by molar-refractivity contribution is -0.141. The van der Waals surface area contributed by atoms with Crippen molar-refractivity contribution in [1.29, 1.82) is 0 Å². The molecule has 7 nitrogen and oxygen atoms in total. The lowest BCUT2D eigenvalue weighted by Gasteiger charge is -2.39. The molecule has 0 aliphatic carbocycles. The van der Waals surface area contributed by atoms with Crippen LogP contribution in [0.2, 0.25) is 0 Å². The number of carboxylic acid groups (broad SMARTS) is 1. The van der Waals surface area contributed by atoms with E-state index in [1.807, 2.05) is 46.6 Å². The van der Waals surface area contributed by atoms with Crippen LogP contribution in [0.15, 0.2) is 11.6 Å². The monoisotopic (exact) mass is 425 g/mol. The highest BCUT2D eigenvalue weighted by molar-refractivity contribution is 5.91. The van der Waals surface area contributed by atoms with Crippen molar-refractivity contribution in [3.05, 3.63) is 11.6 Å². The number of carbonyl (C=O) groups is 3. The molecule has 1 aliphatic heterocycles. The fourth-order valence-corrected chi connectivity index (χ4v) is 3.72. The zero-order valence-corrected chi connectivity index (χ0v) is 19.3. The third kappa shape index (κ3) is 7.42. The molecule has 1 aliphatic rings. The molecule has 174 valence electrons. The number of rotatable bonds is 7. The van der Waals surface area contributed by atoms with Gasteiger partial charge < -0.3 is 15.3 Å². The number of hydrogen-bond acceptors (Lipinski definition) is 4. The second-order valence-electron chi connectivity index (χ2n) is 9.64. The van der Waals surface area contributed by atoms with Gasteiger partial charge in [0, 0.05) is 12.6 Å². The summed E-state index contributed by atoms with van der Waals surface area (Å²) in [6.07, 6.45) is 4.49. The first kappa shape index (κ1) is 28.1. The molecule has 0 aromatic heterocycles. The number of likely N-dealkylation sites (N-methyl/N-ethyl adjacent to an activating group) is 2. The number of amides is 2. The van der Waals surface area contributed by atoms with Gasteiger partial charge in [-0.05, 0) is 44.7 Å². The normalized spacial score (nSPS) is 20.2. The van der Waals surface area contributed by atoms with Gasteiger partial charge in [-0.2, -0.15) is 0 Å². The van der Waals surface area contributed by atoms with Gasteiger partial charge in [0.2, 0.25) is 11.8 Å². The van der Waals surface area contributed by atoms with Crippen molar-refractivity contribution in [3.8, 4) is 0 Å². The molecule has 2 N–H and O–H groups in total. The zero-order valence-electron chi connectivity index (χ0n) is 19.3. The maximum Gasteiger partial charge on any atom is 0.331 e. The molecule has 0 unspecified atom stereocenters.